The highest BCUT2D eigenvalue weighted by Crippen LogP contribution is 2.12. The number of carbonyl (C=O) groups is 3. The summed E-state index contributed by atoms with van der Waals surface area (Å²) < 4.78 is 0. The molecule has 0 heterocycles. The molecule has 190 valence electrons. The van der Waals surface area contributed by atoms with Crippen LogP contribution in [0.25, 0.3) is 0 Å². The van der Waals surface area contributed by atoms with Gasteiger partial charge >= 0.3 is 5.97 Å². The maximum absolute atomic E-state index is 13.3. The number of carboxylic acid groups (broad SMARTS) is 1. The van der Waals surface area contributed by atoms with E-state index in [1.54, 1.807) is 12.1 Å². The van der Waals surface area contributed by atoms with Crippen LogP contribution in [0, 0.1) is 0 Å². The molecule has 0 aromatic heterocycles. The van der Waals surface area contributed by atoms with Gasteiger partial charge in [0.15, 0.2) is 0 Å². The summed E-state index contributed by atoms with van der Waals surface area (Å²) in [5.41, 5.74) is 7.27. The van der Waals surface area contributed by atoms with Crippen molar-refractivity contribution >= 4 is 23.5 Å². The van der Waals surface area contributed by atoms with Crippen molar-refractivity contribution in [2.45, 2.75) is 70.0 Å². The molecule has 2 aromatic rings. The topological polar surface area (TPSA) is 134 Å². The molecule has 0 aliphatic heterocycles. The number of amides is 2. The smallest absolute Gasteiger partial charge is 0.320 e. The Labute approximate surface area is 207 Å². The third kappa shape index (κ3) is 10.7. The van der Waals surface area contributed by atoms with Crippen LogP contribution in [0.3, 0.4) is 0 Å². The molecule has 2 amide bonds. The number of hydrogen-bond acceptors (Lipinski definition) is 5. The number of unbranched alkanes of at least 4 members (excludes halogenated alkanes) is 3. The summed E-state index contributed by atoms with van der Waals surface area (Å²) in [4.78, 5) is 37.7. The Morgan fingerprint density at radius 2 is 1.46 bits per heavy atom. The van der Waals surface area contributed by atoms with Crippen molar-refractivity contribution in [3.8, 4) is 0 Å². The second-order valence-corrected chi connectivity index (χ2v) is 8.71. The fourth-order valence-corrected chi connectivity index (χ4v) is 3.76. The first-order valence-corrected chi connectivity index (χ1v) is 12.3. The fraction of sp³-hybridized carbons (Fsp3) is 0.444. The number of nitrogens with two attached hydrogens (primary N) is 1. The number of aryl methyl sites for hydroxylation is 1. The molecular weight excluding hydrogens is 444 g/mol. The van der Waals surface area contributed by atoms with Gasteiger partial charge in [0.25, 0.3) is 0 Å². The average molecular weight is 483 g/mol. The lowest BCUT2D eigenvalue weighted by atomic mass is 10.0. The number of carboxylic acids is 1. The van der Waals surface area contributed by atoms with E-state index in [0.717, 1.165) is 31.2 Å². The van der Waals surface area contributed by atoms with Crippen molar-refractivity contribution in [1.29, 1.82) is 0 Å². The minimum Gasteiger partial charge on any atom is -0.480 e. The van der Waals surface area contributed by atoms with E-state index >= 15 is 0 Å². The average Bonchev–Trinajstić information content (AvgIpc) is 2.86. The highest BCUT2D eigenvalue weighted by molar-refractivity contribution is 5.97. The normalized spacial score (nSPS) is 13.4. The van der Waals surface area contributed by atoms with Crippen LogP contribution in [0.1, 0.15) is 51.0 Å². The van der Waals surface area contributed by atoms with E-state index in [2.05, 4.69) is 16.0 Å². The SMILES string of the molecule is C[C@@H](N[C@@H](CCc1ccccc1)C(=O)NC(CCCCCCN)C(=O)Nc1ccccc1)C(=O)O. The fourth-order valence-electron chi connectivity index (χ4n) is 3.76. The zero-order chi connectivity index (χ0) is 25.5. The number of aliphatic carboxylic acids is 1. The lowest BCUT2D eigenvalue weighted by Gasteiger charge is -2.25. The quantitative estimate of drug-likeness (QED) is 0.234. The van der Waals surface area contributed by atoms with Crippen LogP contribution in [0.4, 0.5) is 5.69 Å². The van der Waals surface area contributed by atoms with Crippen LogP contribution >= 0.6 is 0 Å². The summed E-state index contributed by atoms with van der Waals surface area (Å²) in [6.07, 6.45) is 5.04. The van der Waals surface area contributed by atoms with E-state index in [4.69, 9.17) is 5.73 Å². The van der Waals surface area contributed by atoms with Crippen LogP contribution in [-0.4, -0.2) is 47.6 Å². The second kappa shape index (κ2) is 15.6. The molecule has 3 atom stereocenters. The van der Waals surface area contributed by atoms with Gasteiger partial charge in [0.2, 0.25) is 11.8 Å². The van der Waals surface area contributed by atoms with Crippen LogP contribution < -0.4 is 21.7 Å². The van der Waals surface area contributed by atoms with Crippen LogP contribution in [0.5, 0.6) is 0 Å². The number of benzene rings is 2. The lowest BCUT2D eigenvalue weighted by molar-refractivity contribution is -0.139. The second-order valence-electron chi connectivity index (χ2n) is 8.71. The Balaban J connectivity index is 2.09. The van der Waals surface area contributed by atoms with Gasteiger partial charge in [-0.05, 0) is 56.8 Å². The summed E-state index contributed by atoms with van der Waals surface area (Å²) in [5.74, 6) is -1.72. The minimum atomic E-state index is -1.04. The van der Waals surface area contributed by atoms with Gasteiger partial charge < -0.3 is 21.5 Å². The highest BCUT2D eigenvalue weighted by atomic mass is 16.4. The number of rotatable bonds is 16. The first kappa shape index (κ1) is 28.0. The van der Waals surface area contributed by atoms with Crippen molar-refractivity contribution in [2.75, 3.05) is 11.9 Å². The summed E-state index contributed by atoms with van der Waals surface area (Å²) in [5, 5.41) is 18.0. The third-order valence-electron chi connectivity index (χ3n) is 5.82. The highest BCUT2D eigenvalue weighted by Gasteiger charge is 2.27. The summed E-state index contributed by atoms with van der Waals surface area (Å²) in [6.45, 7) is 2.13. The molecule has 0 aliphatic rings. The number of anilines is 1. The van der Waals surface area contributed by atoms with Crippen molar-refractivity contribution < 1.29 is 19.5 Å². The summed E-state index contributed by atoms with van der Waals surface area (Å²) in [6, 6.07) is 16.4. The first-order chi connectivity index (χ1) is 16.9. The number of nitrogens with one attached hydrogen (secondary N) is 3. The Morgan fingerprint density at radius 1 is 0.829 bits per heavy atom. The van der Waals surface area contributed by atoms with E-state index in [9.17, 15) is 19.5 Å². The maximum Gasteiger partial charge on any atom is 0.320 e. The van der Waals surface area contributed by atoms with Crippen molar-refractivity contribution in [2.24, 2.45) is 5.73 Å². The van der Waals surface area contributed by atoms with Crippen LogP contribution in [0.2, 0.25) is 0 Å². The van der Waals surface area contributed by atoms with E-state index < -0.39 is 24.1 Å². The number of para-hydroxylation sites is 1. The molecule has 0 fully saturated rings. The van der Waals surface area contributed by atoms with Crippen molar-refractivity contribution in [3.63, 3.8) is 0 Å². The molecule has 6 N–H and O–H groups in total. The Kier molecular flexibility index (Phi) is 12.5. The molecule has 2 aromatic carbocycles. The maximum atomic E-state index is 13.3. The molecule has 2 rings (SSSR count). The first-order valence-electron chi connectivity index (χ1n) is 12.3. The molecule has 0 radical (unpaired) electrons. The zero-order valence-electron chi connectivity index (χ0n) is 20.4. The summed E-state index contributed by atoms with van der Waals surface area (Å²) in [7, 11) is 0. The molecule has 0 saturated heterocycles. The third-order valence-corrected chi connectivity index (χ3v) is 5.82. The van der Waals surface area contributed by atoms with Gasteiger partial charge in [-0.25, -0.2) is 0 Å². The van der Waals surface area contributed by atoms with E-state index in [-0.39, 0.29) is 11.8 Å². The molecular formula is C27H38N4O4. The van der Waals surface area contributed by atoms with Crippen molar-refractivity contribution in [3.05, 3.63) is 66.2 Å². The Hall–Kier alpha value is -3.23. The van der Waals surface area contributed by atoms with Gasteiger partial charge in [-0.15, -0.1) is 0 Å². The molecule has 0 saturated carbocycles. The van der Waals surface area contributed by atoms with Gasteiger partial charge in [0.05, 0.1) is 6.04 Å². The van der Waals surface area contributed by atoms with Crippen LogP contribution in [-0.2, 0) is 20.8 Å². The molecule has 8 nitrogen and oxygen atoms in total. The van der Waals surface area contributed by atoms with E-state index in [0.29, 0.717) is 31.5 Å². The molecule has 35 heavy (non-hydrogen) atoms. The predicted octanol–water partition coefficient (Wildman–Crippen LogP) is 3.08. The van der Waals surface area contributed by atoms with Gasteiger partial charge in [0, 0.05) is 5.69 Å². The monoisotopic (exact) mass is 482 g/mol. The standard InChI is InChI=1S/C27H38N4O4/c1-20(27(34)35)29-24(18-17-21-12-6-4-7-13-21)26(33)31-23(16-10-2-3-11-19-28)25(32)30-22-14-8-5-9-15-22/h4-9,12-15,20,23-24,29H,2-3,10-11,16-19,28H2,1H3,(H,30,32)(H,31,33)(H,34,35)/t20-,23?,24+/m1/s1. The Morgan fingerprint density at radius 3 is 2.09 bits per heavy atom. The zero-order valence-corrected chi connectivity index (χ0v) is 20.4. The summed E-state index contributed by atoms with van der Waals surface area (Å²) >= 11 is 0. The van der Waals surface area contributed by atoms with Gasteiger partial charge in [-0.3, -0.25) is 19.7 Å². The largest absolute Gasteiger partial charge is 0.480 e. The predicted molar refractivity (Wildman–Crippen MR) is 138 cm³/mol. The van der Waals surface area contributed by atoms with Crippen molar-refractivity contribution in [1.82, 2.24) is 10.6 Å². The Bertz CT molecular complexity index is 908. The van der Waals surface area contributed by atoms with E-state index in [1.807, 2.05) is 48.5 Å². The molecule has 8 heteroatoms. The lowest BCUT2D eigenvalue weighted by Crippen LogP contribution is -2.54. The molecule has 1 unspecified atom stereocenters. The van der Waals surface area contributed by atoms with Gasteiger partial charge in [-0.2, -0.15) is 0 Å². The minimum absolute atomic E-state index is 0.295. The van der Waals surface area contributed by atoms with Gasteiger partial charge in [-0.1, -0.05) is 67.8 Å². The molecule has 0 spiro atoms. The number of carbonyl (C=O) groups excluding carboxylic acids is 2. The van der Waals surface area contributed by atoms with Crippen LogP contribution in [0.15, 0.2) is 60.7 Å². The molecule has 0 bridgehead atoms. The number of hydrogen-bond donors (Lipinski definition) is 5. The van der Waals surface area contributed by atoms with Gasteiger partial charge in [0.1, 0.15) is 12.1 Å². The molecule has 0 aliphatic carbocycles. The van der Waals surface area contributed by atoms with E-state index in [1.165, 1.54) is 6.92 Å².